The molecule has 0 saturated carbocycles. The van der Waals surface area contributed by atoms with Gasteiger partial charge in [0.1, 0.15) is 14.4 Å². The van der Waals surface area contributed by atoms with Gasteiger partial charge in [0, 0.05) is 5.69 Å². The fraction of sp³-hybridized carbons (Fsp3) is 0.300. The highest BCUT2D eigenvalue weighted by atomic mass is 19.4. The Balaban J connectivity index is 2.37. The van der Waals surface area contributed by atoms with Gasteiger partial charge in [-0.3, -0.25) is 4.79 Å². The van der Waals surface area contributed by atoms with Gasteiger partial charge in [-0.25, -0.2) is 0 Å². The molecule has 1 aromatic carbocycles. The number of anilines is 1. The quantitative estimate of drug-likeness (QED) is 0.651. The summed E-state index contributed by atoms with van der Waals surface area (Å²) in [6, 6.07) is 4.58. The van der Waals surface area contributed by atoms with E-state index in [1.807, 2.05) is 0 Å². The second-order valence-corrected chi connectivity index (χ2v) is 3.62. The van der Waals surface area contributed by atoms with Crippen molar-refractivity contribution in [2.75, 3.05) is 11.4 Å². The molecule has 2 rings (SSSR count). The van der Waals surface area contributed by atoms with Gasteiger partial charge in [-0.05, 0) is 11.6 Å². The van der Waals surface area contributed by atoms with Crippen molar-refractivity contribution in [3.63, 3.8) is 0 Å². The van der Waals surface area contributed by atoms with Crippen LogP contribution < -0.4 is 10.4 Å². The Morgan fingerprint density at radius 2 is 2.06 bits per heavy atom. The maximum Gasteiger partial charge on any atom is 0.406 e. The maximum absolute atomic E-state index is 12.3. The molecule has 1 amide bonds. The van der Waals surface area contributed by atoms with E-state index in [0.717, 1.165) is 4.90 Å². The van der Waals surface area contributed by atoms with Gasteiger partial charge in [-0.2, -0.15) is 13.2 Å². The molecule has 0 N–H and O–H groups in total. The van der Waals surface area contributed by atoms with Crippen LogP contribution in [0.2, 0.25) is 0 Å². The summed E-state index contributed by atoms with van der Waals surface area (Å²) in [6.07, 6.45) is -4.46. The number of hydrogen-bond donors (Lipinski definition) is 0. The molecule has 0 spiro atoms. The van der Waals surface area contributed by atoms with Gasteiger partial charge in [0.25, 0.3) is 0 Å². The van der Waals surface area contributed by atoms with Crippen molar-refractivity contribution in [2.24, 2.45) is 0 Å². The van der Waals surface area contributed by atoms with Crippen molar-refractivity contribution in [3.05, 3.63) is 23.8 Å². The third kappa shape index (κ3) is 1.92. The number of carbonyl (C=O) groups is 1. The van der Waals surface area contributed by atoms with Crippen LogP contribution in [-0.4, -0.2) is 26.5 Å². The Morgan fingerprint density at radius 1 is 1.38 bits per heavy atom. The number of alkyl halides is 3. The second-order valence-electron chi connectivity index (χ2n) is 3.62. The first kappa shape index (κ1) is 11.0. The van der Waals surface area contributed by atoms with Crippen LogP contribution in [0.25, 0.3) is 0 Å². The summed E-state index contributed by atoms with van der Waals surface area (Å²) in [6.45, 7) is -1.26. The van der Waals surface area contributed by atoms with Crippen LogP contribution in [0.1, 0.15) is 5.56 Å². The average molecular weight is 225 g/mol. The molecule has 1 heterocycles. The number of nitrogens with zero attached hydrogens (tertiary/aromatic N) is 1. The van der Waals surface area contributed by atoms with Gasteiger partial charge in [0.2, 0.25) is 5.91 Å². The zero-order valence-corrected chi connectivity index (χ0v) is 8.21. The Bertz CT molecular complexity index is 444. The van der Waals surface area contributed by atoms with Gasteiger partial charge >= 0.3 is 6.18 Å². The molecule has 0 saturated heterocycles. The first-order chi connectivity index (χ1) is 7.38. The summed E-state index contributed by atoms with van der Waals surface area (Å²) in [4.78, 5) is 12.2. The van der Waals surface area contributed by atoms with Crippen molar-refractivity contribution >= 4 is 24.9 Å². The maximum atomic E-state index is 12.3. The average Bonchev–Trinajstić information content (AvgIpc) is 2.44. The third-order valence-electron chi connectivity index (χ3n) is 2.44. The molecule has 16 heavy (non-hydrogen) atoms. The van der Waals surface area contributed by atoms with Crippen molar-refractivity contribution in [1.29, 1.82) is 0 Å². The number of hydrogen-bond acceptors (Lipinski definition) is 1. The lowest BCUT2D eigenvalue weighted by Crippen LogP contribution is -2.36. The van der Waals surface area contributed by atoms with Gasteiger partial charge < -0.3 is 4.90 Å². The minimum absolute atomic E-state index is 0.0575. The molecular weight excluding hydrogens is 218 g/mol. The van der Waals surface area contributed by atoms with E-state index >= 15 is 0 Å². The standard InChI is InChI=1S/C10H7BF3NO/c11-7-2-1-3-8-6(7)4-9(16)15(8)5-10(12,13)14/h1-3H,4-5H2. The van der Waals surface area contributed by atoms with E-state index in [4.69, 9.17) is 7.85 Å². The molecule has 1 aromatic rings. The summed E-state index contributed by atoms with van der Waals surface area (Å²) >= 11 is 0. The SMILES string of the molecule is [B]c1cccc2c1CC(=O)N2CC(F)(F)F. The van der Waals surface area contributed by atoms with E-state index in [1.165, 1.54) is 12.1 Å². The number of amides is 1. The monoisotopic (exact) mass is 225 g/mol. The van der Waals surface area contributed by atoms with Crippen LogP contribution in [0.15, 0.2) is 18.2 Å². The fourth-order valence-electron chi connectivity index (χ4n) is 1.77. The number of halogens is 3. The van der Waals surface area contributed by atoms with E-state index in [9.17, 15) is 18.0 Å². The van der Waals surface area contributed by atoms with E-state index in [-0.39, 0.29) is 12.1 Å². The molecule has 6 heteroatoms. The molecule has 2 nitrogen and oxygen atoms in total. The zero-order chi connectivity index (χ0) is 11.9. The van der Waals surface area contributed by atoms with Gasteiger partial charge in [0.05, 0.1) is 6.42 Å². The number of rotatable bonds is 1. The molecule has 0 aliphatic carbocycles. The van der Waals surface area contributed by atoms with Crippen molar-refractivity contribution in [1.82, 2.24) is 0 Å². The molecule has 2 radical (unpaired) electrons. The zero-order valence-electron chi connectivity index (χ0n) is 8.21. The Morgan fingerprint density at radius 3 is 2.69 bits per heavy atom. The lowest BCUT2D eigenvalue weighted by Gasteiger charge is -2.19. The number of fused-ring (bicyclic) bond motifs is 1. The molecule has 0 aromatic heterocycles. The van der Waals surface area contributed by atoms with Gasteiger partial charge in [-0.15, -0.1) is 0 Å². The first-order valence-electron chi connectivity index (χ1n) is 4.63. The normalized spacial score (nSPS) is 15.4. The summed E-state index contributed by atoms with van der Waals surface area (Å²) < 4.78 is 36.8. The molecule has 1 aliphatic rings. The van der Waals surface area contributed by atoms with Crippen LogP contribution in [0.3, 0.4) is 0 Å². The smallest absolute Gasteiger partial charge is 0.303 e. The Kier molecular flexibility index (Phi) is 2.44. The molecule has 82 valence electrons. The summed E-state index contributed by atoms with van der Waals surface area (Å²) in [5.41, 5.74) is 1.11. The highest BCUT2D eigenvalue weighted by Gasteiger charge is 2.37. The second kappa shape index (κ2) is 3.54. The first-order valence-corrected chi connectivity index (χ1v) is 4.63. The topological polar surface area (TPSA) is 20.3 Å². The minimum Gasteiger partial charge on any atom is -0.303 e. The summed E-state index contributed by atoms with van der Waals surface area (Å²) in [5, 5.41) is 0. The summed E-state index contributed by atoms with van der Waals surface area (Å²) in [5.74, 6) is -0.565. The minimum atomic E-state index is -4.40. The van der Waals surface area contributed by atoms with Crippen LogP contribution in [0, 0.1) is 0 Å². The number of benzene rings is 1. The van der Waals surface area contributed by atoms with Crippen molar-refractivity contribution in [3.8, 4) is 0 Å². The van der Waals surface area contributed by atoms with Gasteiger partial charge in [-0.1, -0.05) is 17.6 Å². The van der Waals surface area contributed by atoms with Crippen molar-refractivity contribution < 1.29 is 18.0 Å². The number of carbonyl (C=O) groups excluding carboxylic acids is 1. The predicted octanol–water partition coefficient (Wildman–Crippen LogP) is 0.932. The lowest BCUT2D eigenvalue weighted by atomic mass is 9.89. The predicted molar refractivity (Wildman–Crippen MR) is 53.9 cm³/mol. The largest absolute Gasteiger partial charge is 0.406 e. The van der Waals surface area contributed by atoms with Gasteiger partial charge in [0.15, 0.2) is 0 Å². The Labute approximate surface area is 91.5 Å². The summed E-state index contributed by atoms with van der Waals surface area (Å²) in [7, 11) is 5.60. The van der Waals surface area contributed by atoms with E-state index < -0.39 is 18.6 Å². The fourth-order valence-corrected chi connectivity index (χ4v) is 1.77. The van der Waals surface area contributed by atoms with Crippen LogP contribution in [0.5, 0.6) is 0 Å². The Hall–Kier alpha value is -1.46. The molecule has 0 atom stereocenters. The molecule has 0 bridgehead atoms. The third-order valence-corrected chi connectivity index (χ3v) is 2.44. The van der Waals surface area contributed by atoms with E-state index in [2.05, 4.69) is 0 Å². The van der Waals surface area contributed by atoms with Crippen molar-refractivity contribution in [2.45, 2.75) is 12.6 Å². The molecule has 1 aliphatic heterocycles. The van der Waals surface area contributed by atoms with Crippen LogP contribution in [0.4, 0.5) is 18.9 Å². The van der Waals surface area contributed by atoms with E-state index in [1.54, 1.807) is 6.07 Å². The molecule has 0 unspecified atom stereocenters. The highest BCUT2D eigenvalue weighted by molar-refractivity contribution is 6.34. The molecule has 0 fully saturated rings. The van der Waals surface area contributed by atoms with Crippen LogP contribution >= 0.6 is 0 Å². The highest BCUT2D eigenvalue weighted by Crippen LogP contribution is 2.30. The van der Waals surface area contributed by atoms with E-state index in [0.29, 0.717) is 11.0 Å². The molecular formula is C10H7BF3NO. The van der Waals surface area contributed by atoms with Crippen LogP contribution in [-0.2, 0) is 11.2 Å². The lowest BCUT2D eigenvalue weighted by molar-refractivity contribution is -0.131.